The lowest BCUT2D eigenvalue weighted by atomic mass is 10.1. The summed E-state index contributed by atoms with van der Waals surface area (Å²) >= 11 is 6.10. The van der Waals surface area contributed by atoms with Gasteiger partial charge in [0.2, 0.25) is 5.91 Å². The number of rotatable bonds is 5. The van der Waals surface area contributed by atoms with Gasteiger partial charge in [0.1, 0.15) is 11.8 Å². The van der Waals surface area contributed by atoms with Gasteiger partial charge in [0.25, 0.3) is 0 Å². The Kier molecular flexibility index (Phi) is 5.50. The van der Waals surface area contributed by atoms with E-state index in [-0.39, 0.29) is 5.91 Å². The number of anilines is 2. The van der Waals surface area contributed by atoms with Crippen LogP contribution in [0.25, 0.3) is 0 Å². The minimum atomic E-state index is -0.427. The molecule has 122 valence electrons. The normalized spacial score (nSPS) is 11.7. The van der Waals surface area contributed by atoms with E-state index in [2.05, 4.69) is 10.6 Å². The van der Waals surface area contributed by atoms with Gasteiger partial charge in [-0.25, -0.2) is 0 Å². The molecule has 0 saturated heterocycles. The molecule has 2 aromatic carbocycles. The van der Waals surface area contributed by atoms with Crippen molar-refractivity contribution in [2.24, 2.45) is 0 Å². The Morgan fingerprint density at radius 2 is 1.83 bits per heavy atom. The molecule has 2 N–H and O–H groups in total. The van der Waals surface area contributed by atoms with Crippen molar-refractivity contribution in [1.82, 2.24) is 0 Å². The lowest BCUT2D eigenvalue weighted by Gasteiger charge is -2.19. The highest BCUT2D eigenvalue weighted by Crippen LogP contribution is 2.31. The van der Waals surface area contributed by atoms with Crippen LogP contribution in [0.3, 0.4) is 0 Å². The van der Waals surface area contributed by atoms with E-state index in [0.29, 0.717) is 10.8 Å². The first-order chi connectivity index (χ1) is 10.9. The number of carbonyl (C=O) groups excluding carboxylic acids is 1. The summed E-state index contributed by atoms with van der Waals surface area (Å²) in [5.41, 5.74) is 3.49. The largest absolute Gasteiger partial charge is 0.495 e. The summed E-state index contributed by atoms with van der Waals surface area (Å²) in [4.78, 5) is 12.4. The third-order valence-corrected chi connectivity index (χ3v) is 4.06. The predicted octanol–water partition coefficient (Wildman–Crippen LogP) is 4.40. The first-order valence-electron chi connectivity index (χ1n) is 7.39. The molecular weight excluding hydrogens is 312 g/mol. The number of para-hydroxylation sites is 1. The molecule has 0 bridgehead atoms. The summed E-state index contributed by atoms with van der Waals surface area (Å²) in [5, 5.41) is 6.73. The SMILES string of the molecule is COc1cc(Cl)c(C)cc1NC(C)C(=O)Nc1ccccc1C. The Labute approximate surface area is 141 Å². The standard InChI is InChI=1S/C18H21ClN2O2/c1-11-7-5-6-8-15(11)21-18(22)13(3)20-16-9-12(2)14(19)10-17(16)23-4/h5-10,13,20H,1-4H3,(H,21,22). The van der Waals surface area contributed by atoms with Crippen molar-refractivity contribution in [2.45, 2.75) is 26.8 Å². The van der Waals surface area contributed by atoms with Crippen LogP contribution in [0, 0.1) is 13.8 Å². The third-order valence-electron chi connectivity index (χ3n) is 3.65. The summed E-state index contributed by atoms with van der Waals surface area (Å²) in [6.07, 6.45) is 0. The molecule has 0 fully saturated rings. The molecule has 1 amide bonds. The zero-order valence-corrected chi connectivity index (χ0v) is 14.5. The lowest BCUT2D eigenvalue weighted by molar-refractivity contribution is -0.116. The minimum Gasteiger partial charge on any atom is -0.495 e. The van der Waals surface area contributed by atoms with E-state index in [1.54, 1.807) is 20.1 Å². The maximum Gasteiger partial charge on any atom is 0.246 e. The Bertz CT molecular complexity index is 716. The van der Waals surface area contributed by atoms with Crippen LogP contribution in [0.5, 0.6) is 5.75 Å². The number of carbonyl (C=O) groups is 1. The summed E-state index contributed by atoms with van der Waals surface area (Å²) in [5.74, 6) is 0.491. The molecule has 1 atom stereocenters. The zero-order valence-electron chi connectivity index (χ0n) is 13.7. The number of amides is 1. The van der Waals surface area contributed by atoms with Gasteiger partial charge in [-0.1, -0.05) is 29.8 Å². The van der Waals surface area contributed by atoms with Crippen molar-refractivity contribution in [3.8, 4) is 5.75 Å². The number of benzene rings is 2. The number of hydrogen-bond donors (Lipinski definition) is 2. The van der Waals surface area contributed by atoms with Crippen molar-refractivity contribution < 1.29 is 9.53 Å². The molecule has 0 heterocycles. The summed E-state index contributed by atoms with van der Waals surface area (Å²) in [6.45, 7) is 5.67. The molecule has 23 heavy (non-hydrogen) atoms. The molecule has 2 aromatic rings. The number of methoxy groups -OCH3 is 1. The van der Waals surface area contributed by atoms with Gasteiger partial charge in [-0.3, -0.25) is 4.79 Å². The van der Waals surface area contributed by atoms with Crippen molar-refractivity contribution >= 4 is 28.9 Å². The average molecular weight is 333 g/mol. The summed E-state index contributed by atoms with van der Waals surface area (Å²) in [7, 11) is 1.57. The third kappa shape index (κ3) is 4.17. The van der Waals surface area contributed by atoms with Gasteiger partial charge < -0.3 is 15.4 Å². The maximum atomic E-state index is 12.4. The van der Waals surface area contributed by atoms with E-state index in [9.17, 15) is 4.79 Å². The number of nitrogens with one attached hydrogen (secondary N) is 2. The molecule has 0 aliphatic carbocycles. The fourth-order valence-corrected chi connectivity index (χ4v) is 2.35. The van der Waals surface area contributed by atoms with Crippen LogP contribution in [0.4, 0.5) is 11.4 Å². The van der Waals surface area contributed by atoms with Gasteiger partial charge in [-0.2, -0.15) is 0 Å². The summed E-state index contributed by atoms with van der Waals surface area (Å²) < 4.78 is 5.32. The van der Waals surface area contributed by atoms with Crippen molar-refractivity contribution in [2.75, 3.05) is 17.7 Å². The maximum absolute atomic E-state index is 12.4. The fourth-order valence-electron chi connectivity index (χ4n) is 2.20. The van der Waals surface area contributed by atoms with E-state index in [4.69, 9.17) is 16.3 Å². The molecule has 0 spiro atoms. The molecule has 2 rings (SSSR count). The Morgan fingerprint density at radius 1 is 1.13 bits per heavy atom. The van der Waals surface area contributed by atoms with E-state index in [0.717, 1.165) is 22.5 Å². The number of aryl methyl sites for hydroxylation is 2. The highest BCUT2D eigenvalue weighted by Gasteiger charge is 2.16. The second-order valence-electron chi connectivity index (χ2n) is 5.47. The topological polar surface area (TPSA) is 50.4 Å². The number of ether oxygens (including phenoxy) is 1. The number of halogens is 1. The average Bonchev–Trinajstić information content (AvgIpc) is 2.52. The highest BCUT2D eigenvalue weighted by molar-refractivity contribution is 6.31. The van der Waals surface area contributed by atoms with Crippen LogP contribution in [0.1, 0.15) is 18.1 Å². The van der Waals surface area contributed by atoms with Gasteiger partial charge in [0.15, 0.2) is 0 Å². The Morgan fingerprint density at radius 3 is 2.48 bits per heavy atom. The molecule has 0 radical (unpaired) electrons. The first kappa shape index (κ1) is 17.2. The van der Waals surface area contributed by atoms with Crippen LogP contribution in [-0.2, 0) is 4.79 Å². The Hall–Kier alpha value is -2.20. The highest BCUT2D eigenvalue weighted by atomic mass is 35.5. The van der Waals surface area contributed by atoms with E-state index in [1.165, 1.54) is 0 Å². The van der Waals surface area contributed by atoms with E-state index in [1.807, 2.05) is 44.2 Å². The van der Waals surface area contributed by atoms with Gasteiger partial charge >= 0.3 is 0 Å². The smallest absolute Gasteiger partial charge is 0.246 e. The van der Waals surface area contributed by atoms with Crippen molar-refractivity contribution in [3.63, 3.8) is 0 Å². The quantitative estimate of drug-likeness (QED) is 0.853. The molecule has 0 aliphatic heterocycles. The van der Waals surface area contributed by atoms with Gasteiger partial charge in [0.05, 0.1) is 12.8 Å². The van der Waals surface area contributed by atoms with Crippen LogP contribution in [0.15, 0.2) is 36.4 Å². The first-order valence-corrected chi connectivity index (χ1v) is 7.77. The minimum absolute atomic E-state index is 0.117. The van der Waals surface area contributed by atoms with Crippen molar-refractivity contribution in [3.05, 3.63) is 52.5 Å². The Balaban J connectivity index is 2.12. The van der Waals surface area contributed by atoms with Gasteiger partial charge in [-0.15, -0.1) is 0 Å². The molecule has 4 nitrogen and oxygen atoms in total. The zero-order chi connectivity index (χ0) is 17.0. The molecular formula is C18H21ClN2O2. The van der Waals surface area contributed by atoms with Crippen LogP contribution in [-0.4, -0.2) is 19.1 Å². The monoisotopic (exact) mass is 332 g/mol. The van der Waals surface area contributed by atoms with Crippen LogP contribution >= 0.6 is 11.6 Å². The van der Waals surface area contributed by atoms with Gasteiger partial charge in [-0.05, 0) is 44.0 Å². The molecule has 0 aliphatic rings. The fraction of sp³-hybridized carbons (Fsp3) is 0.278. The van der Waals surface area contributed by atoms with Gasteiger partial charge in [0, 0.05) is 16.8 Å². The molecule has 0 aromatic heterocycles. The summed E-state index contributed by atoms with van der Waals surface area (Å²) in [6, 6.07) is 10.9. The van der Waals surface area contributed by atoms with Crippen LogP contribution in [0.2, 0.25) is 5.02 Å². The van der Waals surface area contributed by atoms with Crippen molar-refractivity contribution in [1.29, 1.82) is 0 Å². The van der Waals surface area contributed by atoms with E-state index < -0.39 is 6.04 Å². The molecule has 1 unspecified atom stereocenters. The van der Waals surface area contributed by atoms with Crippen LogP contribution < -0.4 is 15.4 Å². The van der Waals surface area contributed by atoms with E-state index >= 15 is 0 Å². The second-order valence-corrected chi connectivity index (χ2v) is 5.88. The molecule has 5 heteroatoms. The second kappa shape index (κ2) is 7.38. The predicted molar refractivity (Wildman–Crippen MR) is 95.6 cm³/mol. The number of hydrogen-bond acceptors (Lipinski definition) is 3. The molecule has 0 saturated carbocycles. The lowest BCUT2D eigenvalue weighted by Crippen LogP contribution is -2.32.